The third-order valence-corrected chi connectivity index (χ3v) is 4.76. The summed E-state index contributed by atoms with van der Waals surface area (Å²) in [7, 11) is 0. The van der Waals surface area contributed by atoms with Gasteiger partial charge in [-0.15, -0.1) is 0 Å². The fraction of sp³-hybridized carbons (Fsp3) is 0.652. The Morgan fingerprint density at radius 2 is 1.47 bits per heavy atom. The first-order valence-corrected chi connectivity index (χ1v) is 11.5. The van der Waals surface area contributed by atoms with E-state index >= 15 is 0 Å². The van der Waals surface area contributed by atoms with Crippen LogP contribution >= 0.6 is 23.2 Å². The summed E-state index contributed by atoms with van der Waals surface area (Å²) in [4.78, 5) is 26.4. The van der Waals surface area contributed by atoms with Gasteiger partial charge in [-0.3, -0.25) is 0 Å². The molecule has 0 heterocycles. The van der Waals surface area contributed by atoms with Crippen molar-refractivity contribution in [3.8, 4) is 0 Å². The van der Waals surface area contributed by atoms with Crippen LogP contribution in [0.4, 0.5) is 15.3 Å². The van der Waals surface area contributed by atoms with E-state index in [1.165, 1.54) is 12.1 Å². The number of anilines is 1. The number of hydrogen-bond acceptors (Lipinski definition) is 6. The Kier molecular flexibility index (Phi) is 10.3. The van der Waals surface area contributed by atoms with E-state index in [1.54, 1.807) is 41.5 Å². The molecule has 0 spiro atoms. The van der Waals surface area contributed by atoms with Gasteiger partial charge in [0, 0.05) is 12.6 Å². The van der Waals surface area contributed by atoms with Crippen LogP contribution in [0, 0.1) is 0 Å². The van der Waals surface area contributed by atoms with Crippen molar-refractivity contribution < 1.29 is 24.2 Å². The zero-order valence-electron chi connectivity index (χ0n) is 20.2. The highest BCUT2D eigenvalue weighted by Gasteiger charge is 2.35. The summed E-state index contributed by atoms with van der Waals surface area (Å²) in [6, 6.07) is 3.19. The van der Waals surface area contributed by atoms with Crippen molar-refractivity contribution in [2.24, 2.45) is 0 Å². The van der Waals surface area contributed by atoms with Gasteiger partial charge in [-0.2, -0.15) is 4.90 Å². The topological polar surface area (TPSA) is 88.1 Å². The van der Waals surface area contributed by atoms with Gasteiger partial charge < -0.3 is 19.9 Å². The standard InChI is InChI=1S/C23H36Cl2N2O5/c1-9-10-14(2)26-13-18(28)15-11-16(24)19(17(25)12-15)27(20(29)31-22(3,4)5)21(30)32-23(6,7)8/h11-12,14,18,26,28H,9-10,13H2,1-8H3. The molecule has 2 N–H and O–H groups in total. The monoisotopic (exact) mass is 490 g/mol. The predicted octanol–water partition coefficient (Wildman–Crippen LogP) is 6.48. The number of aliphatic hydroxyl groups excluding tert-OH is 1. The first-order valence-electron chi connectivity index (χ1n) is 10.7. The Morgan fingerprint density at radius 1 is 1.03 bits per heavy atom. The Hall–Kier alpha value is -1.54. The molecule has 0 aliphatic rings. The molecule has 1 aromatic rings. The minimum atomic E-state index is -0.973. The molecule has 2 unspecified atom stereocenters. The molecule has 0 radical (unpaired) electrons. The second-order valence-electron chi connectivity index (χ2n) is 9.74. The average molecular weight is 491 g/mol. The lowest BCUT2D eigenvalue weighted by molar-refractivity contribution is 0.0430. The largest absolute Gasteiger partial charge is 0.443 e. The minimum absolute atomic E-state index is 0.00451. The summed E-state index contributed by atoms with van der Waals surface area (Å²) < 4.78 is 10.7. The third kappa shape index (κ3) is 9.14. The van der Waals surface area contributed by atoms with E-state index in [-0.39, 0.29) is 21.8 Å². The number of amides is 2. The van der Waals surface area contributed by atoms with Crippen LogP contribution < -0.4 is 10.2 Å². The highest BCUT2D eigenvalue weighted by atomic mass is 35.5. The van der Waals surface area contributed by atoms with Crippen LogP contribution in [0.2, 0.25) is 10.0 Å². The van der Waals surface area contributed by atoms with Crippen molar-refractivity contribution in [2.75, 3.05) is 11.4 Å². The van der Waals surface area contributed by atoms with E-state index in [4.69, 9.17) is 32.7 Å². The van der Waals surface area contributed by atoms with Crippen molar-refractivity contribution in [3.63, 3.8) is 0 Å². The molecular formula is C23H36Cl2N2O5. The van der Waals surface area contributed by atoms with Crippen LogP contribution in [0.25, 0.3) is 0 Å². The van der Waals surface area contributed by atoms with Gasteiger partial charge in [-0.1, -0.05) is 36.5 Å². The second kappa shape index (κ2) is 11.5. The quantitative estimate of drug-likeness (QED) is 0.454. The van der Waals surface area contributed by atoms with E-state index in [2.05, 4.69) is 12.2 Å². The molecule has 0 saturated carbocycles. The molecule has 0 saturated heterocycles. The SMILES string of the molecule is CCCC(C)NCC(O)c1cc(Cl)c(N(C(=O)OC(C)(C)C)C(=O)OC(C)(C)C)c(Cl)c1. The lowest BCUT2D eigenvalue weighted by Crippen LogP contribution is -2.44. The molecule has 182 valence electrons. The van der Waals surface area contributed by atoms with Crippen LogP contribution in [0.3, 0.4) is 0 Å². The highest BCUT2D eigenvalue weighted by molar-refractivity contribution is 6.41. The van der Waals surface area contributed by atoms with E-state index in [9.17, 15) is 14.7 Å². The summed E-state index contributed by atoms with van der Waals surface area (Å²) in [5.74, 6) is 0. The van der Waals surface area contributed by atoms with Crippen molar-refractivity contribution >= 4 is 41.1 Å². The van der Waals surface area contributed by atoms with Crippen molar-refractivity contribution in [1.29, 1.82) is 0 Å². The number of nitrogens with one attached hydrogen (secondary N) is 1. The zero-order chi connectivity index (χ0) is 24.9. The average Bonchev–Trinajstić information content (AvgIpc) is 2.59. The number of benzene rings is 1. The van der Waals surface area contributed by atoms with Gasteiger partial charge in [0.15, 0.2) is 0 Å². The van der Waals surface area contributed by atoms with Crippen molar-refractivity contribution in [1.82, 2.24) is 5.32 Å². The Morgan fingerprint density at radius 3 is 1.84 bits per heavy atom. The fourth-order valence-electron chi connectivity index (χ4n) is 2.83. The first-order chi connectivity index (χ1) is 14.6. The van der Waals surface area contributed by atoms with E-state index in [0.29, 0.717) is 17.0 Å². The second-order valence-corrected chi connectivity index (χ2v) is 10.6. The number of rotatable bonds is 7. The van der Waals surface area contributed by atoms with Crippen LogP contribution in [-0.2, 0) is 9.47 Å². The van der Waals surface area contributed by atoms with Crippen LogP contribution in [0.1, 0.15) is 79.9 Å². The third-order valence-electron chi connectivity index (χ3n) is 4.18. The van der Waals surface area contributed by atoms with Gasteiger partial charge in [-0.05, 0) is 72.6 Å². The molecule has 32 heavy (non-hydrogen) atoms. The zero-order valence-corrected chi connectivity index (χ0v) is 21.7. The molecule has 0 aromatic heterocycles. The lowest BCUT2D eigenvalue weighted by atomic mass is 10.1. The van der Waals surface area contributed by atoms with Crippen LogP contribution in [0.15, 0.2) is 12.1 Å². The van der Waals surface area contributed by atoms with Gasteiger partial charge >= 0.3 is 12.2 Å². The van der Waals surface area contributed by atoms with E-state index in [1.807, 2.05) is 6.92 Å². The Bertz CT molecular complexity index is 752. The van der Waals surface area contributed by atoms with Gasteiger partial charge in [0.25, 0.3) is 0 Å². The molecule has 1 aromatic carbocycles. The summed E-state index contributed by atoms with van der Waals surface area (Å²) >= 11 is 12.9. The number of halogens is 2. The molecule has 2 amide bonds. The number of carbonyl (C=O) groups is 2. The maximum Gasteiger partial charge on any atom is 0.424 e. The molecule has 2 atom stereocenters. The fourth-order valence-corrected chi connectivity index (χ4v) is 3.50. The molecule has 1 rings (SSSR count). The number of nitrogens with zero attached hydrogens (tertiary/aromatic N) is 1. The predicted molar refractivity (Wildman–Crippen MR) is 129 cm³/mol. The molecule has 0 aliphatic carbocycles. The molecule has 9 heteroatoms. The van der Waals surface area contributed by atoms with Crippen molar-refractivity contribution in [2.45, 2.75) is 91.6 Å². The van der Waals surface area contributed by atoms with Gasteiger partial charge in [0.05, 0.1) is 21.8 Å². The molecule has 7 nitrogen and oxygen atoms in total. The van der Waals surface area contributed by atoms with Gasteiger partial charge in [-0.25, -0.2) is 9.59 Å². The maximum atomic E-state index is 12.9. The molecular weight excluding hydrogens is 455 g/mol. The normalized spacial score (nSPS) is 14.0. The number of ether oxygens (including phenoxy) is 2. The summed E-state index contributed by atoms with van der Waals surface area (Å²) in [6.45, 7) is 14.5. The van der Waals surface area contributed by atoms with Crippen molar-refractivity contribution in [3.05, 3.63) is 27.7 Å². The number of aliphatic hydroxyl groups is 1. The maximum absolute atomic E-state index is 12.9. The minimum Gasteiger partial charge on any atom is -0.443 e. The molecule has 0 aliphatic heterocycles. The first kappa shape index (κ1) is 28.5. The summed E-state index contributed by atoms with van der Waals surface area (Å²) in [5, 5.41) is 13.8. The van der Waals surface area contributed by atoms with Crippen LogP contribution in [0.5, 0.6) is 0 Å². The summed E-state index contributed by atoms with van der Waals surface area (Å²) in [6.07, 6.45) is -0.817. The van der Waals surface area contributed by atoms with Crippen LogP contribution in [-0.4, -0.2) is 41.1 Å². The number of imide groups is 1. The molecule has 0 fully saturated rings. The Labute approximate surface area is 201 Å². The van der Waals surface area contributed by atoms with E-state index < -0.39 is 29.5 Å². The number of carbonyl (C=O) groups excluding carboxylic acids is 2. The Balaban J connectivity index is 3.30. The smallest absolute Gasteiger partial charge is 0.424 e. The van der Waals surface area contributed by atoms with Gasteiger partial charge in [0.2, 0.25) is 0 Å². The highest BCUT2D eigenvalue weighted by Crippen LogP contribution is 2.38. The van der Waals surface area contributed by atoms with Gasteiger partial charge in [0.1, 0.15) is 11.2 Å². The summed E-state index contributed by atoms with van der Waals surface area (Å²) in [5.41, 5.74) is -1.35. The number of hydrogen-bond donors (Lipinski definition) is 2. The van der Waals surface area contributed by atoms with E-state index in [0.717, 1.165) is 12.8 Å². The lowest BCUT2D eigenvalue weighted by Gasteiger charge is -2.29. The molecule has 0 bridgehead atoms.